The molecule has 0 aliphatic carbocycles. The summed E-state index contributed by atoms with van der Waals surface area (Å²) >= 11 is 0. The molecule has 6 heteroatoms. The number of benzene rings is 1. The summed E-state index contributed by atoms with van der Waals surface area (Å²) in [5.41, 5.74) is 1.73. The molecule has 1 amide bonds. The largest absolute Gasteiger partial charge is 0.326 e. The van der Waals surface area contributed by atoms with Gasteiger partial charge in [0, 0.05) is 24.7 Å². The normalized spacial score (nSPS) is 11.3. The number of anilines is 1. The summed E-state index contributed by atoms with van der Waals surface area (Å²) in [6, 6.07) is 7.62. The van der Waals surface area contributed by atoms with Crippen LogP contribution in [0.3, 0.4) is 0 Å². The third-order valence-corrected chi connectivity index (χ3v) is 5.71. The van der Waals surface area contributed by atoms with Crippen molar-refractivity contribution in [3.63, 3.8) is 0 Å². The highest BCUT2D eigenvalue weighted by Gasteiger charge is 2.07. The predicted octanol–water partition coefficient (Wildman–Crippen LogP) is 6.85. The van der Waals surface area contributed by atoms with Crippen molar-refractivity contribution >= 4 is 11.6 Å². The molecule has 0 fully saturated rings. The van der Waals surface area contributed by atoms with Crippen LogP contribution in [-0.4, -0.2) is 26.1 Å². The van der Waals surface area contributed by atoms with Crippen molar-refractivity contribution in [2.24, 2.45) is 7.05 Å². The average molecular weight is 440 g/mol. The molecular formula is C26H41N5O. The molecule has 1 heterocycles. The van der Waals surface area contributed by atoms with Gasteiger partial charge < -0.3 is 5.32 Å². The van der Waals surface area contributed by atoms with Gasteiger partial charge in [0.05, 0.1) is 0 Å². The zero-order valence-electron chi connectivity index (χ0n) is 20.1. The van der Waals surface area contributed by atoms with Crippen molar-refractivity contribution in [2.75, 3.05) is 5.32 Å². The second-order valence-corrected chi connectivity index (χ2v) is 8.59. The minimum atomic E-state index is 0.0794. The molecule has 0 bridgehead atoms. The second-order valence-electron chi connectivity index (χ2n) is 8.59. The van der Waals surface area contributed by atoms with Crippen molar-refractivity contribution in [1.82, 2.24) is 20.2 Å². The van der Waals surface area contributed by atoms with Gasteiger partial charge in [-0.2, -0.15) is 0 Å². The molecule has 0 atom stereocenters. The number of allylic oxidation sites excluding steroid dienone is 2. The summed E-state index contributed by atoms with van der Waals surface area (Å²) in [5, 5.41) is 14.4. The van der Waals surface area contributed by atoms with E-state index in [4.69, 9.17) is 0 Å². The molecule has 0 spiro atoms. The van der Waals surface area contributed by atoms with Gasteiger partial charge in [-0.3, -0.25) is 4.79 Å². The number of nitrogens with zero attached hydrogens (tertiary/aromatic N) is 4. The van der Waals surface area contributed by atoms with Crippen molar-refractivity contribution in [1.29, 1.82) is 0 Å². The molecule has 0 aliphatic rings. The van der Waals surface area contributed by atoms with Crippen LogP contribution in [0.1, 0.15) is 96.8 Å². The number of hydrogen-bond acceptors (Lipinski definition) is 4. The van der Waals surface area contributed by atoms with Crippen LogP contribution in [0.4, 0.5) is 5.69 Å². The lowest BCUT2D eigenvalue weighted by molar-refractivity contribution is -0.116. The van der Waals surface area contributed by atoms with Crippen LogP contribution < -0.4 is 5.32 Å². The Bertz CT molecular complexity index is 782. The van der Waals surface area contributed by atoms with Crippen LogP contribution in [0.2, 0.25) is 0 Å². The zero-order valence-corrected chi connectivity index (χ0v) is 20.1. The molecule has 2 aromatic rings. The van der Waals surface area contributed by atoms with Crippen molar-refractivity contribution in [3.8, 4) is 11.4 Å². The molecule has 1 aromatic carbocycles. The van der Waals surface area contributed by atoms with Gasteiger partial charge in [0.25, 0.3) is 0 Å². The monoisotopic (exact) mass is 439 g/mol. The lowest BCUT2D eigenvalue weighted by Gasteiger charge is -2.06. The Kier molecular flexibility index (Phi) is 13.0. The number of carbonyl (C=O) groups excluding carboxylic acids is 1. The smallest absolute Gasteiger partial charge is 0.224 e. The molecule has 32 heavy (non-hydrogen) atoms. The summed E-state index contributed by atoms with van der Waals surface area (Å²) in [7, 11) is 1.80. The summed E-state index contributed by atoms with van der Waals surface area (Å²) in [6.07, 6.45) is 21.7. The van der Waals surface area contributed by atoms with Crippen LogP contribution in [0, 0.1) is 0 Å². The number of tetrazole rings is 1. The highest BCUT2D eigenvalue weighted by atomic mass is 16.1. The summed E-state index contributed by atoms with van der Waals surface area (Å²) in [5.74, 6) is 0.784. The first-order valence-corrected chi connectivity index (χ1v) is 12.5. The van der Waals surface area contributed by atoms with E-state index >= 15 is 0 Å². The molecule has 2 rings (SSSR count). The topological polar surface area (TPSA) is 72.7 Å². The fraction of sp³-hybridized carbons (Fsp3) is 0.615. The molecule has 6 nitrogen and oxygen atoms in total. The fourth-order valence-electron chi connectivity index (χ4n) is 3.76. The van der Waals surface area contributed by atoms with E-state index in [-0.39, 0.29) is 5.91 Å². The third-order valence-electron chi connectivity index (χ3n) is 5.71. The minimum Gasteiger partial charge on any atom is -0.326 e. The molecule has 0 saturated carbocycles. The first-order chi connectivity index (χ1) is 15.7. The van der Waals surface area contributed by atoms with E-state index in [1.807, 2.05) is 24.3 Å². The molecule has 0 saturated heterocycles. The van der Waals surface area contributed by atoms with Crippen LogP contribution in [0.15, 0.2) is 36.4 Å². The minimum absolute atomic E-state index is 0.0794. The number of unbranched alkanes of at least 4 members (excludes halogenated alkanes) is 11. The van der Waals surface area contributed by atoms with Gasteiger partial charge in [-0.15, -0.1) is 5.10 Å². The van der Waals surface area contributed by atoms with E-state index in [2.05, 4.69) is 39.9 Å². The Morgan fingerprint density at radius 1 is 0.875 bits per heavy atom. The second kappa shape index (κ2) is 16.2. The number of aromatic nitrogens is 4. The molecule has 0 unspecified atom stereocenters. The Hall–Kier alpha value is -2.50. The van der Waals surface area contributed by atoms with E-state index in [1.165, 1.54) is 70.6 Å². The Morgan fingerprint density at radius 3 is 2.06 bits per heavy atom. The Labute approximate surface area is 193 Å². The fourth-order valence-corrected chi connectivity index (χ4v) is 3.76. The maximum atomic E-state index is 12.2. The zero-order chi connectivity index (χ0) is 22.9. The van der Waals surface area contributed by atoms with Gasteiger partial charge in [0.2, 0.25) is 5.91 Å². The highest BCUT2D eigenvalue weighted by Crippen LogP contribution is 2.18. The van der Waals surface area contributed by atoms with Gasteiger partial charge in [-0.05, 0) is 66.8 Å². The lowest BCUT2D eigenvalue weighted by atomic mass is 10.1. The standard InChI is InChI=1S/C26H41N5O/c1-3-4-5-6-7-8-9-10-11-12-13-14-15-16-17-18-25(32)27-24-21-19-23(20-22-24)26-28-29-30-31(26)2/h10-11,19-22H,3-9,12-18H2,1-2H3,(H,27,32)/b11-10-. The summed E-state index contributed by atoms with van der Waals surface area (Å²) in [6.45, 7) is 2.27. The number of amides is 1. The maximum absolute atomic E-state index is 12.2. The molecule has 1 aromatic heterocycles. The molecule has 0 aliphatic heterocycles. The number of aryl methyl sites for hydroxylation is 1. The number of nitrogens with one attached hydrogen (secondary N) is 1. The van der Waals surface area contributed by atoms with Gasteiger partial charge in [-0.1, -0.05) is 70.4 Å². The molecular weight excluding hydrogens is 398 g/mol. The molecule has 176 valence electrons. The van der Waals surface area contributed by atoms with Crippen LogP contribution in [0.25, 0.3) is 11.4 Å². The Balaban J connectivity index is 1.45. The third kappa shape index (κ3) is 10.7. The maximum Gasteiger partial charge on any atom is 0.224 e. The average Bonchev–Trinajstić information content (AvgIpc) is 3.23. The van der Waals surface area contributed by atoms with Crippen molar-refractivity contribution in [2.45, 2.75) is 96.8 Å². The highest BCUT2D eigenvalue weighted by molar-refractivity contribution is 5.90. The number of carbonyl (C=O) groups is 1. The van der Waals surface area contributed by atoms with E-state index < -0.39 is 0 Å². The van der Waals surface area contributed by atoms with Crippen molar-refractivity contribution < 1.29 is 4.79 Å². The molecule has 1 N–H and O–H groups in total. The van der Waals surface area contributed by atoms with E-state index in [1.54, 1.807) is 11.7 Å². The quantitative estimate of drug-likeness (QED) is 0.216. The van der Waals surface area contributed by atoms with Gasteiger partial charge in [0.1, 0.15) is 0 Å². The Morgan fingerprint density at radius 2 is 1.47 bits per heavy atom. The molecule has 0 radical (unpaired) electrons. The lowest BCUT2D eigenvalue weighted by Crippen LogP contribution is -2.10. The first-order valence-electron chi connectivity index (χ1n) is 12.5. The summed E-state index contributed by atoms with van der Waals surface area (Å²) in [4.78, 5) is 12.2. The van der Waals surface area contributed by atoms with Gasteiger partial charge in [-0.25, -0.2) is 4.68 Å². The number of rotatable bonds is 17. The van der Waals surface area contributed by atoms with Crippen molar-refractivity contribution in [3.05, 3.63) is 36.4 Å². The van der Waals surface area contributed by atoms with Crippen LogP contribution in [-0.2, 0) is 11.8 Å². The SMILES string of the molecule is CCCCCCCC/C=C\CCCCCCCC(=O)Nc1ccc(-c2nnnn2C)cc1. The van der Waals surface area contributed by atoms with Crippen LogP contribution >= 0.6 is 0 Å². The predicted molar refractivity (Wildman–Crippen MR) is 132 cm³/mol. The first kappa shape index (κ1) is 25.8. The number of hydrogen-bond donors (Lipinski definition) is 1. The van der Waals surface area contributed by atoms with E-state index in [0.29, 0.717) is 12.2 Å². The van der Waals surface area contributed by atoms with Gasteiger partial charge in [0.15, 0.2) is 5.82 Å². The van der Waals surface area contributed by atoms with E-state index in [9.17, 15) is 4.79 Å². The van der Waals surface area contributed by atoms with Gasteiger partial charge >= 0.3 is 0 Å². The summed E-state index contributed by atoms with van der Waals surface area (Å²) < 4.78 is 1.63. The van der Waals surface area contributed by atoms with E-state index in [0.717, 1.165) is 24.1 Å². The van der Waals surface area contributed by atoms with Crippen LogP contribution in [0.5, 0.6) is 0 Å².